The molecule has 0 aliphatic carbocycles. The number of para-hydroxylation sites is 1. The average molecular weight is 308 g/mol. The molecule has 1 aliphatic rings. The molecule has 2 aromatic heterocycles. The minimum absolute atomic E-state index is 0.0413. The fourth-order valence-corrected chi connectivity index (χ4v) is 3.77. The van der Waals surface area contributed by atoms with E-state index < -0.39 is 0 Å². The lowest BCUT2D eigenvalue weighted by Gasteiger charge is -2.34. The van der Waals surface area contributed by atoms with Crippen LogP contribution in [0.2, 0.25) is 0 Å². The number of hydrogen-bond donors (Lipinski definition) is 1. The van der Waals surface area contributed by atoms with Gasteiger partial charge in [-0.05, 0) is 25.0 Å². The molecule has 118 valence electrons. The lowest BCUT2D eigenvalue weighted by atomic mass is 10.1. The van der Waals surface area contributed by atoms with Gasteiger partial charge >= 0.3 is 6.03 Å². The molecule has 1 unspecified atom stereocenters. The molecule has 1 aliphatic heterocycles. The summed E-state index contributed by atoms with van der Waals surface area (Å²) in [5, 5.41) is 1.17. The van der Waals surface area contributed by atoms with E-state index in [-0.39, 0.29) is 12.1 Å². The van der Waals surface area contributed by atoms with Gasteiger partial charge in [-0.25, -0.2) is 9.78 Å². The van der Waals surface area contributed by atoms with Crippen molar-refractivity contribution in [2.75, 3.05) is 6.54 Å². The number of carbonyl (C=O) groups is 1. The Labute approximate surface area is 134 Å². The van der Waals surface area contributed by atoms with E-state index >= 15 is 0 Å². The van der Waals surface area contributed by atoms with Crippen LogP contribution in [0.1, 0.15) is 36.3 Å². The molecule has 0 radical (unpaired) electrons. The second-order valence-electron chi connectivity index (χ2n) is 6.08. The molecule has 0 saturated heterocycles. The van der Waals surface area contributed by atoms with Crippen molar-refractivity contribution in [1.82, 2.24) is 19.4 Å². The number of aromatic nitrogens is 3. The predicted molar refractivity (Wildman–Crippen MR) is 89.5 cm³/mol. The second-order valence-corrected chi connectivity index (χ2v) is 6.08. The molecule has 1 N–H and O–H groups in total. The molecule has 0 spiro atoms. The van der Waals surface area contributed by atoms with Crippen LogP contribution in [0.3, 0.4) is 0 Å². The van der Waals surface area contributed by atoms with Crippen LogP contribution in [0.4, 0.5) is 4.79 Å². The summed E-state index contributed by atoms with van der Waals surface area (Å²) in [5.41, 5.74) is 4.38. The van der Waals surface area contributed by atoms with Gasteiger partial charge in [0.05, 0.1) is 29.8 Å². The van der Waals surface area contributed by atoms with Crippen LogP contribution in [-0.2, 0) is 6.42 Å². The number of carbonyl (C=O) groups excluding carboxylic acids is 1. The quantitative estimate of drug-likeness (QED) is 0.803. The van der Waals surface area contributed by atoms with Crippen molar-refractivity contribution in [2.24, 2.45) is 0 Å². The maximum absolute atomic E-state index is 13.2. The van der Waals surface area contributed by atoms with Gasteiger partial charge in [-0.2, -0.15) is 0 Å². The van der Waals surface area contributed by atoms with Gasteiger partial charge in [0, 0.05) is 24.0 Å². The third-order valence-corrected chi connectivity index (χ3v) is 4.92. The molecule has 0 bridgehead atoms. The van der Waals surface area contributed by atoms with Gasteiger partial charge < -0.3 is 9.88 Å². The van der Waals surface area contributed by atoms with E-state index in [1.807, 2.05) is 33.9 Å². The van der Waals surface area contributed by atoms with Gasteiger partial charge in [-0.1, -0.05) is 25.1 Å². The molecule has 5 nitrogen and oxygen atoms in total. The second kappa shape index (κ2) is 5.26. The van der Waals surface area contributed by atoms with Gasteiger partial charge in [0.1, 0.15) is 0 Å². The first-order valence-electron chi connectivity index (χ1n) is 8.10. The monoisotopic (exact) mass is 308 g/mol. The molecule has 1 atom stereocenters. The minimum atomic E-state index is 0.0413. The molecule has 1 amide bonds. The Hall–Kier alpha value is -2.56. The third-order valence-electron chi connectivity index (χ3n) is 4.92. The number of H-pyrrole nitrogens is 1. The zero-order chi connectivity index (χ0) is 16.0. The van der Waals surface area contributed by atoms with Crippen LogP contribution in [-0.4, -0.2) is 32.0 Å². The van der Waals surface area contributed by atoms with Gasteiger partial charge in [0.15, 0.2) is 0 Å². The van der Waals surface area contributed by atoms with Crippen molar-refractivity contribution in [3.05, 3.63) is 53.7 Å². The van der Waals surface area contributed by atoms with Crippen LogP contribution < -0.4 is 0 Å². The predicted octanol–water partition coefficient (Wildman–Crippen LogP) is 3.65. The Morgan fingerprint density at radius 1 is 1.35 bits per heavy atom. The van der Waals surface area contributed by atoms with Gasteiger partial charge in [-0.15, -0.1) is 0 Å². The molecule has 3 aromatic rings. The SMILES string of the molecule is CCC(c1cnc[nH]1)N1CCc2c(C)c3ccccc3n2C1=O. The highest BCUT2D eigenvalue weighted by molar-refractivity contribution is 5.96. The van der Waals surface area contributed by atoms with E-state index in [1.165, 1.54) is 10.9 Å². The van der Waals surface area contributed by atoms with Gasteiger partial charge in [0.2, 0.25) is 0 Å². The maximum Gasteiger partial charge on any atom is 0.329 e. The van der Waals surface area contributed by atoms with E-state index in [9.17, 15) is 4.79 Å². The molecule has 0 saturated carbocycles. The van der Waals surface area contributed by atoms with E-state index in [0.717, 1.165) is 36.3 Å². The van der Waals surface area contributed by atoms with Crippen molar-refractivity contribution >= 4 is 16.9 Å². The normalized spacial score (nSPS) is 15.9. The molecular weight excluding hydrogens is 288 g/mol. The number of amides is 1. The smallest absolute Gasteiger partial charge is 0.329 e. The summed E-state index contributed by atoms with van der Waals surface area (Å²) in [6, 6.07) is 8.26. The van der Waals surface area contributed by atoms with Gasteiger partial charge in [-0.3, -0.25) is 4.57 Å². The van der Waals surface area contributed by atoms with E-state index in [2.05, 4.69) is 29.9 Å². The summed E-state index contributed by atoms with van der Waals surface area (Å²) >= 11 is 0. The molecule has 1 aromatic carbocycles. The average Bonchev–Trinajstić information content (AvgIpc) is 3.19. The van der Waals surface area contributed by atoms with Crippen LogP contribution in [0.5, 0.6) is 0 Å². The van der Waals surface area contributed by atoms with E-state index in [1.54, 1.807) is 6.33 Å². The van der Waals surface area contributed by atoms with Gasteiger partial charge in [0.25, 0.3) is 0 Å². The summed E-state index contributed by atoms with van der Waals surface area (Å²) in [5.74, 6) is 0. The summed E-state index contributed by atoms with van der Waals surface area (Å²) < 4.78 is 1.90. The number of aryl methyl sites for hydroxylation is 1. The Morgan fingerprint density at radius 2 is 2.17 bits per heavy atom. The van der Waals surface area contributed by atoms with Crippen molar-refractivity contribution in [1.29, 1.82) is 0 Å². The van der Waals surface area contributed by atoms with Crippen LogP contribution in [0, 0.1) is 6.92 Å². The Kier molecular flexibility index (Phi) is 3.22. The standard InChI is InChI=1S/C18H20N4O/c1-3-15(14-10-19-11-20-14)21-9-8-16-12(2)13-6-4-5-7-17(13)22(16)18(21)23/h4-7,10-11,15H,3,8-9H2,1-2H3,(H,19,20). The maximum atomic E-state index is 13.2. The molecule has 5 heteroatoms. The first kappa shape index (κ1) is 14.1. The topological polar surface area (TPSA) is 53.9 Å². The zero-order valence-corrected chi connectivity index (χ0v) is 13.4. The zero-order valence-electron chi connectivity index (χ0n) is 13.4. The summed E-state index contributed by atoms with van der Waals surface area (Å²) in [7, 11) is 0. The highest BCUT2D eigenvalue weighted by atomic mass is 16.2. The Morgan fingerprint density at radius 3 is 2.91 bits per heavy atom. The van der Waals surface area contributed by atoms with Crippen LogP contribution in [0.15, 0.2) is 36.8 Å². The lowest BCUT2D eigenvalue weighted by Crippen LogP contribution is -2.43. The number of benzene rings is 1. The van der Waals surface area contributed by atoms with Crippen molar-refractivity contribution < 1.29 is 4.79 Å². The third kappa shape index (κ3) is 2.00. The first-order valence-corrected chi connectivity index (χ1v) is 8.10. The van der Waals surface area contributed by atoms with E-state index in [0.29, 0.717) is 0 Å². The number of nitrogens with one attached hydrogen (secondary N) is 1. The summed E-state index contributed by atoms with van der Waals surface area (Å²) in [4.78, 5) is 22.4. The number of rotatable bonds is 3. The number of hydrogen-bond acceptors (Lipinski definition) is 2. The molecule has 23 heavy (non-hydrogen) atoms. The highest BCUT2D eigenvalue weighted by Gasteiger charge is 2.32. The number of nitrogens with zero attached hydrogens (tertiary/aromatic N) is 3. The fourth-order valence-electron chi connectivity index (χ4n) is 3.77. The van der Waals surface area contributed by atoms with Crippen molar-refractivity contribution in [3.8, 4) is 0 Å². The van der Waals surface area contributed by atoms with E-state index in [4.69, 9.17) is 0 Å². The van der Waals surface area contributed by atoms with Crippen molar-refractivity contribution in [3.63, 3.8) is 0 Å². The lowest BCUT2D eigenvalue weighted by molar-refractivity contribution is 0.165. The van der Waals surface area contributed by atoms with Crippen LogP contribution in [0.25, 0.3) is 10.9 Å². The summed E-state index contributed by atoms with van der Waals surface area (Å²) in [6.07, 6.45) is 5.24. The molecule has 4 rings (SSSR count). The Bertz CT molecular complexity index is 863. The highest BCUT2D eigenvalue weighted by Crippen LogP contribution is 2.32. The number of imidazole rings is 1. The minimum Gasteiger partial charge on any atom is -0.347 e. The number of fused-ring (bicyclic) bond motifs is 3. The number of aromatic amines is 1. The van der Waals surface area contributed by atoms with Crippen molar-refractivity contribution in [2.45, 2.75) is 32.7 Å². The molecular formula is C18H20N4O. The van der Waals surface area contributed by atoms with Crippen LogP contribution >= 0.6 is 0 Å². The fraction of sp³-hybridized carbons (Fsp3) is 0.333. The largest absolute Gasteiger partial charge is 0.347 e. The molecule has 3 heterocycles. The Balaban J connectivity index is 1.82. The molecule has 0 fully saturated rings. The first-order chi connectivity index (χ1) is 11.2. The summed E-state index contributed by atoms with van der Waals surface area (Å²) in [6.45, 7) is 4.96.